The van der Waals surface area contributed by atoms with Gasteiger partial charge < -0.3 is 4.57 Å². The first-order valence-electron chi connectivity index (χ1n) is 7.19. The molecule has 4 aromatic rings. The molecule has 4 rings (SSSR count). The molecule has 0 aliphatic rings. The van der Waals surface area contributed by atoms with E-state index in [1.807, 2.05) is 23.7 Å². The van der Waals surface area contributed by atoms with Crippen molar-refractivity contribution in [3.8, 4) is 0 Å². The van der Waals surface area contributed by atoms with Crippen LogP contribution in [0.4, 0.5) is 0 Å². The number of hydrogen-bond donors (Lipinski definition) is 0. The van der Waals surface area contributed by atoms with Crippen LogP contribution in [0, 0.1) is 0 Å². The Morgan fingerprint density at radius 2 is 1.96 bits per heavy atom. The molecule has 0 saturated heterocycles. The summed E-state index contributed by atoms with van der Waals surface area (Å²) in [5.41, 5.74) is 1.45. The van der Waals surface area contributed by atoms with Crippen molar-refractivity contribution in [3.63, 3.8) is 0 Å². The summed E-state index contributed by atoms with van der Waals surface area (Å²) in [5, 5.41) is 6.45. The molecule has 0 aliphatic heterocycles. The fourth-order valence-electron chi connectivity index (χ4n) is 2.70. The summed E-state index contributed by atoms with van der Waals surface area (Å²) in [7, 11) is 3.72. The molecule has 0 bridgehead atoms. The number of hydrogen-bond acceptors (Lipinski definition) is 3. The Kier molecular flexibility index (Phi) is 3.12. The number of amides is 1. The quantitative estimate of drug-likeness (QED) is 0.541. The minimum absolute atomic E-state index is 0.322. The van der Waals surface area contributed by atoms with E-state index in [9.17, 15) is 4.79 Å². The minimum atomic E-state index is -0.322. The van der Waals surface area contributed by atoms with Crippen LogP contribution in [-0.4, -0.2) is 20.3 Å². The third kappa shape index (κ3) is 2.27. The van der Waals surface area contributed by atoms with Gasteiger partial charge in [0.25, 0.3) is 5.91 Å². The minimum Gasteiger partial charge on any atom is -0.319 e. The van der Waals surface area contributed by atoms with Gasteiger partial charge in [-0.3, -0.25) is 9.48 Å². The Morgan fingerprint density at radius 1 is 1.13 bits per heavy atom. The summed E-state index contributed by atoms with van der Waals surface area (Å²) in [6.45, 7) is 0. The molecule has 2 aromatic heterocycles. The van der Waals surface area contributed by atoms with Gasteiger partial charge in [-0.05, 0) is 17.5 Å². The zero-order valence-corrected chi connectivity index (χ0v) is 13.5. The lowest BCUT2D eigenvalue weighted by Gasteiger charge is -2.01. The van der Waals surface area contributed by atoms with Crippen LogP contribution in [0.2, 0.25) is 0 Å². The molecule has 5 nitrogen and oxygen atoms in total. The summed E-state index contributed by atoms with van der Waals surface area (Å²) < 4.78 is 4.68. The second-order valence-electron chi connectivity index (χ2n) is 5.37. The SMILES string of the molecule is Cn1ccc(C(=O)N=c2sc3ccc4ccccc4c3n2C)n1. The number of thiazole rings is 1. The van der Waals surface area contributed by atoms with Crippen molar-refractivity contribution in [2.45, 2.75) is 0 Å². The highest BCUT2D eigenvalue weighted by Crippen LogP contribution is 2.26. The van der Waals surface area contributed by atoms with Crippen LogP contribution in [0.1, 0.15) is 10.5 Å². The van der Waals surface area contributed by atoms with Gasteiger partial charge in [0, 0.05) is 25.7 Å². The third-order valence-electron chi connectivity index (χ3n) is 3.82. The number of nitrogens with zero attached hydrogens (tertiary/aromatic N) is 4. The van der Waals surface area contributed by atoms with Crippen LogP contribution in [0.5, 0.6) is 0 Å². The van der Waals surface area contributed by atoms with Crippen LogP contribution < -0.4 is 4.80 Å². The molecule has 0 spiro atoms. The van der Waals surface area contributed by atoms with Crippen molar-refractivity contribution >= 4 is 38.2 Å². The maximum atomic E-state index is 12.3. The van der Waals surface area contributed by atoms with E-state index in [1.54, 1.807) is 24.0 Å². The molecule has 0 saturated carbocycles. The number of carbonyl (C=O) groups is 1. The first-order valence-corrected chi connectivity index (χ1v) is 8.01. The van der Waals surface area contributed by atoms with E-state index >= 15 is 0 Å². The highest BCUT2D eigenvalue weighted by molar-refractivity contribution is 7.16. The highest BCUT2D eigenvalue weighted by Gasteiger charge is 2.11. The predicted molar refractivity (Wildman–Crippen MR) is 91.4 cm³/mol. The van der Waals surface area contributed by atoms with E-state index in [4.69, 9.17) is 0 Å². The summed E-state index contributed by atoms with van der Waals surface area (Å²) in [6, 6.07) is 14.1. The molecular formula is C17H14N4OS. The van der Waals surface area contributed by atoms with Gasteiger partial charge in [-0.15, -0.1) is 0 Å². The maximum absolute atomic E-state index is 12.3. The molecule has 0 radical (unpaired) electrons. The van der Waals surface area contributed by atoms with Crippen LogP contribution in [0.15, 0.2) is 53.7 Å². The van der Waals surface area contributed by atoms with Crippen molar-refractivity contribution in [1.29, 1.82) is 0 Å². The van der Waals surface area contributed by atoms with Crippen molar-refractivity contribution in [3.05, 3.63) is 59.2 Å². The number of aromatic nitrogens is 3. The molecular weight excluding hydrogens is 308 g/mol. The summed E-state index contributed by atoms with van der Waals surface area (Å²) >= 11 is 1.51. The van der Waals surface area contributed by atoms with Gasteiger partial charge in [0.1, 0.15) is 0 Å². The molecule has 1 amide bonds. The average Bonchev–Trinajstić information content (AvgIpc) is 3.12. The smallest absolute Gasteiger partial charge is 0.300 e. The lowest BCUT2D eigenvalue weighted by molar-refractivity contribution is 0.0992. The molecule has 2 heterocycles. The summed E-state index contributed by atoms with van der Waals surface area (Å²) in [6.07, 6.45) is 1.74. The van der Waals surface area contributed by atoms with Crippen molar-refractivity contribution in [1.82, 2.24) is 14.3 Å². The lowest BCUT2D eigenvalue weighted by Crippen LogP contribution is -2.13. The fraction of sp³-hybridized carbons (Fsp3) is 0.118. The Bertz CT molecular complexity index is 1120. The number of aryl methyl sites for hydroxylation is 2. The molecule has 0 atom stereocenters. The van der Waals surface area contributed by atoms with Crippen LogP contribution in [0.25, 0.3) is 21.0 Å². The summed E-state index contributed by atoms with van der Waals surface area (Å²) in [5.74, 6) is -0.322. The number of rotatable bonds is 1. The topological polar surface area (TPSA) is 52.2 Å². The molecule has 0 fully saturated rings. The first-order chi connectivity index (χ1) is 11.1. The average molecular weight is 322 g/mol. The van der Waals surface area contributed by atoms with E-state index < -0.39 is 0 Å². The Labute approximate surface area is 136 Å². The van der Waals surface area contributed by atoms with Gasteiger partial charge in [0.05, 0.1) is 10.2 Å². The van der Waals surface area contributed by atoms with Crippen LogP contribution in [-0.2, 0) is 14.1 Å². The zero-order valence-electron chi connectivity index (χ0n) is 12.7. The Morgan fingerprint density at radius 3 is 2.74 bits per heavy atom. The van der Waals surface area contributed by atoms with Crippen molar-refractivity contribution in [2.24, 2.45) is 19.1 Å². The molecule has 114 valence electrons. The van der Waals surface area contributed by atoms with E-state index in [0.717, 1.165) is 15.6 Å². The third-order valence-corrected chi connectivity index (χ3v) is 4.91. The molecule has 6 heteroatoms. The standard InChI is InChI=1S/C17H14N4OS/c1-20-10-9-13(19-20)16(22)18-17-21(2)15-12-6-4-3-5-11(12)7-8-14(15)23-17/h3-10H,1-2H3. The van der Waals surface area contributed by atoms with Gasteiger partial charge in [-0.2, -0.15) is 10.1 Å². The zero-order chi connectivity index (χ0) is 16.0. The normalized spacial score (nSPS) is 12.3. The fourth-order valence-corrected chi connectivity index (χ4v) is 3.73. The highest BCUT2D eigenvalue weighted by atomic mass is 32.1. The van der Waals surface area contributed by atoms with Crippen LogP contribution >= 0.6 is 11.3 Å². The molecule has 0 unspecified atom stereocenters. The number of carbonyl (C=O) groups excluding carboxylic acids is 1. The molecule has 23 heavy (non-hydrogen) atoms. The van der Waals surface area contributed by atoms with E-state index in [1.165, 1.54) is 16.7 Å². The second-order valence-corrected chi connectivity index (χ2v) is 6.38. The van der Waals surface area contributed by atoms with Crippen molar-refractivity contribution in [2.75, 3.05) is 0 Å². The van der Waals surface area contributed by atoms with Gasteiger partial charge >= 0.3 is 0 Å². The second kappa shape index (κ2) is 5.17. The van der Waals surface area contributed by atoms with Gasteiger partial charge in [0.15, 0.2) is 10.5 Å². The molecule has 2 aromatic carbocycles. The number of benzene rings is 2. The largest absolute Gasteiger partial charge is 0.319 e. The Balaban J connectivity index is 1.94. The first kappa shape index (κ1) is 13.9. The predicted octanol–water partition coefficient (Wildman–Crippen LogP) is 2.87. The molecule has 0 aliphatic carbocycles. The Hall–Kier alpha value is -2.73. The maximum Gasteiger partial charge on any atom is 0.300 e. The van der Waals surface area contributed by atoms with Gasteiger partial charge in [0.2, 0.25) is 0 Å². The van der Waals surface area contributed by atoms with Gasteiger partial charge in [-0.25, -0.2) is 0 Å². The van der Waals surface area contributed by atoms with Crippen molar-refractivity contribution < 1.29 is 4.79 Å². The van der Waals surface area contributed by atoms with Crippen LogP contribution in [0.3, 0.4) is 0 Å². The summed E-state index contributed by atoms with van der Waals surface area (Å²) in [4.78, 5) is 17.2. The van der Waals surface area contributed by atoms with E-state index in [0.29, 0.717) is 10.5 Å². The van der Waals surface area contributed by atoms with E-state index in [2.05, 4.69) is 34.4 Å². The monoisotopic (exact) mass is 322 g/mol. The lowest BCUT2D eigenvalue weighted by atomic mass is 10.1. The van der Waals surface area contributed by atoms with E-state index in [-0.39, 0.29) is 5.91 Å². The number of fused-ring (bicyclic) bond motifs is 3. The molecule has 0 N–H and O–H groups in total. The van der Waals surface area contributed by atoms with Gasteiger partial charge in [-0.1, -0.05) is 41.7 Å².